The minimum atomic E-state index is -0.260. The van der Waals surface area contributed by atoms with Crippen molar-refractivity contribution in [2.24, 2.45) is 0 Å². The third-order valence-corrected chi connectivity index (χ3v) is 4.39. The highest BCUT2D eigenvalue weighted by atomic mass is 16.5. The summed E-state index contributed by atoms with van der Waals surface area (Å²) in [6.45, 7) is 3.74. The molecule has 0 saturated carbocycles. The topological polar surface area (TPSA) is 60.3 Å². The maximum absolute atomic E-state index is 12.7. The van der Waals surface area contributed by atoms with Crippen LogP contribution in [0.1, 0.15) is 34.5 Å². The third-order valence-electron chi connectivity index (χ3n) is 4.39. The molecule has 3 rings (SSSR count). The van der Waals surface area contributed by atoms with Crippen molar-refractivity contribution < 1.29 is 9.53 Å². The van der Waals surface area contributed by atoms with Crippen molar-refractivity contribution >= 4 is 12.0 Å². The van der Waals surface area contributed by atoms with Gasteiger partial charge in [0.1, 0.15) is 5.56 Å². The van der Waals surface area contributed by atoms with Gasteiger partial charge in [0, 0.05) is 18.8 Å². The largest absolute Gasteiger partial charge is 0.382 e. The number of aldehydes is 1. The molecule has 1 aromatic carbocycles. The van der Waals surface area contributed by atoms with E-state index in [-0.39, 0.29) is 17.2 Å². The fourth-order valence-corrected chi connectivity index (χ4v) is 3.04. The van der Waals surface area contributed by atoms with Crippen LogP contribution in [0, 0.1) is 6.92 Å². The van der Waals surface area contributed by atoms with Crippen LogP contribution < -0.4 is 10.9 Å². The second-order valence-electron chi connectivity index (χ2n) is 6.12. The first-order valence-electron chi connectivity index (χ1n) is 8.28. The molecule has 2 aromatic rings. The number of benzene rings is 1. The van der Waals surface area contributed by atoms with Gasteiger partial charge in [0.25, 0.3) is 5.56 Å². The fourth-order valence-electron chi connectivity index (χ4n) is 3.04. The predicted molar refractivity (Wildman–Crippen MR) is 93.8 cm³/mol. The summed E-state index contributed by atoms with van der Waals surface area (Å²) in [5, 5.41) is 3.21. The van der Waals surface area contributed by atoms with Crippen LogP contribution in [0.25, 0.3) is 0 Å². The van der Waals surface area contributed by atoms with Gasteiger partial charge in [0.05, 0.1) is 18.3 Å². The zero-order valence-electron chi connectivity index (χ0n) is 13.8. The van der Waals surface area contributed by atoms with Gasteiger partial charge in [-0.05, 0) is 31.4 Å². The van der Waals surface area contributed by atoms with Crippen LogP contribution in [0.5, 0.6) is 0 Å². The van der Waals surface area contributed by atoms with Gasteiger partial charge in [0.15, 0.2) is 6.29 Å². The van der Waals surface area contributed by atoms with Gasteiger partial charge < -0.3 is 14.6 Å². The molecule has 0 radical (unpaired) electrons. The number of pyridine rings is 1. The maximum Gasteiger partial charge on any atom is 0.263 e. The van der Waals surface area contributed by atoms with Gasteiger partial charge in [-0.15, -0.1) is 0 Å². The van der Waals surface area contributed by atoms with Crippen LogP contribution in [-0.4, -0.2) is 30.1 Å². The monoisotopic (exact) mass is 326 g/mol. The van der Waals surface area contributed by atoms with E-state index in [0.29, 0.717) is 25.1 Å². The van der Waals surface area contributed by atoms with Crippen molar-refractivity contribution in [3.8, 4) is 0 Å². The summed E-state index contributed by atoms with van der Waals surface area (Å²) >= 11 is 0. The summed E-state index contributed by atoms with van der Waals surface area (Å²) in [6.07, 6.45) is 2.86. The van der Waals surface area contributed by atoms with E-state index in [0.717, 1.165) is 30.7 Å². The average molecular weight is 326 g/mol. The molecule has 1 fully saturated rings. The van der Waals surface area contributed by atoms with E-state index in [1.807, 2.05) is 43.3 Å². The smallest absolute Gasteiger partial charge is 0.263 e. The number of hydrogen-bond acceptors (Lipinski definition) is 4. The molecule has 1 N–H and O–H groups in total. The number of aromatic nitrogens is 1. The molecule has 24 heavy (non-hydrogen) atoms. The number of aryl methyl sites for hydroxylation is 1. The summed E-state index contributed by atoms with van der Waals surface area (Å²) in [6, 6.07) is 11.6. The standard InChI is InChI=1S/C19H22N2O3/c1-14-10-18(20-11-16-8-5-9-24-16)17(13-22)19(23)21(14)12-15-6-3-2-4-7-15/h2-4,6-7,10,13,16,20H,5,8-9,11-12H2,1H3/t16-/m0/s1. The summed E-state index contributed by atoms with van der Waals surface area (Å²) in [7, 11) is 0. The normalized spacial score (nSPS) is 17.0. The van der Waals surface area contributed by atoms with Crippen molar-refractivity contribution in [2.75, 3.05) is 18.5 Å². The molecule has 1 aromatic heterocycles. The molecule has 2 heterocycles. The van der Waals surface area contributed by atoms with Gasteiger partial charge in [0.2, 0.25) is 0 Å². The van der Waals surface area contributed by atoms with E-state index in [1.165, 1.54) is 0 Å². The highest BCUT2D eigenvalue weighted by Gasteiger charge is 2.17. The lowest BCUT2D eigenvalue weighted by atomic mass is 10.1. The predicted octanol–water partition coefficient (Wildman–Crippen LogP) is 2.61. The maximum atomic E-state index is 12.7. The van der Waals surface area contributed by atoms with Crippen LogP contribution in [0.2, 0.25) is 0 Å². The lowest BCUT2D eigenvalue weighted by Gasteiger charge is -2.17. The zero-order valence-corrected chi connectivity index (χ0v) is 13.8. The Morgan fingerprint density at radius 2 is 2.12 bits per heavy atom. The molecule has 1 saturated heterocycles. The van der Waals surface area contributed by atoms with Crippen molar-refractivity contribution in [1.29, 1.82) is 0 Å². The lowest BCUT2D eigenvalue weighted by Crippen LogP contribution is -2.28. The first-order chi connectivity index (χ1) is 11.7. The molecule has 5 nitrogen and oxygen atoms in total. The first-order valence-corrected chi connectivity index (χ1v) is 8.28. The molecule has 5 heteroatoms. The minimum absolute atomic E-state index is 0.150. The van der Waals surface area contributed by atoms with E-state index in [4.69, 9.17) is 4.74 Å². The first kappa shape index (κ1) is 16.5. The molecular formula is C19H22N2O3. The van der Waals surface area contributed by atoms with Gasteiger partial charge in [-0.25, -0.2) is 0 Å². The fraction of sp³-hybridized carbons (Fsp3) is 0.368. The van der Waals surface area contributed by atoms with Crippen LogP contribution in [0.4, 0.5) is 5.69 Å². The SMILES string of the molecule is Cc1cc(NC[C@@H]2CCCO2)c(C=O)c(=O)n1Cc1ccccc1. The Morgan fingerprint density at radius 3 is 2.79 bits per heavy atom. The number of rotatable bonds is 6. The van der Waals surface area contributed by atoms with Crippen molar-refractivity contribution in [1.82, 2.24) is 4.57 Å². The molecule has 0 bridgehead atoms. The van der Waals surface area contributed by atoms with Crippen molar-refractivity contribution in [2.45, 2.75) is 32.4 Å². The average Bonchev–Trinajstić information content (AvgIpc) is 3.11. The Balaban J connectivity index is 1.86. The van der Waals surface area contributed by atoms with E-state index in [9.17, 15) is 9.59 Å². The van der Waals surface area contributed by atoms with E-state index in [1.54, 1.807) is 4.57 Å². The second-order valence-corrected chi connectivity index (χ2v) is 6.12. The number of anilines is 1. The second kappa shape index (κ2) is 7.45. The van der Waals surface area contributed by atoms with Crippen LogP contribution in [0.3, 0.4) is 0 Å². The van der Waals surface area contributed by atoms with E-state index >= 15 is 0 Å². The highest BCUT2D eigenvalue weighted by Crippen LogP contribution is 2.17. The van der Waals surface area contributed by atoms with Gasteiger partial charge in [-0.3, -0.25) is 9.59 Å². The Labute approximate surface area is 141 Å². The van der Waals surface area contributed by atoms with E-state index in [2.05, 4.69) is 5.32 Å². The Hall–Kier alpha value is -2.40. The molecule has 0 aliphatic carbocycles. The minimum Gasteiger partial charge on any atom is -0.382 e. The number of ether oxygens (including phenoxy) is 1. The van der Waals surface area contributed by atoms with Crippen molar-refractivity contribution in [3.63, 3.8) is 0 Å². The molecule has 126 valence electrons. The summed E-state index contributed by atoms with van der Waals surface area (Å²) < 4.78 is 7.21. The summed E-state index contributed by atoms with van der Waals surface area (Å²) in [5.41, 5.74) is 2.36. The van der Waals surface area contributed by atoms with Crippen LogP contribution in [-0.2, 0) is 11.3 Å². The van der Waals surface area contributed by atoms with Gasteiger partial charge in [-0.2, -0.15) is 0 Å². The Kier molecular flexibility index (Phi) is 5.11. The van der Waals surface area contributed by atoms with Crippen LogP contribution >= 0.6 is 0 Å². The number of nitrogens with one attached hydrogen (secondary N) is 1. The Morgan fingerprint density at radius 1 is 1.33 bits per heavy atom. The molecule has 1 aliphatic heterocycles. The molecular weight excluding hydrogens is 304 g/mol. The Bertz CT molecular complexity index is 762. The lowest BCUT2D eigenvalue weighted by molar-refractivity contribution is 0.112. The van der Waals surface area contributed by atoms with Crippen LogP contribution in [0.15, 0.2) is 41.2 Å². The molecule has 0 spiro atoms. The quantitative estimate of drug-likeness (QED) is 0.829. The number of carbonyl (C=O) groups is 1. The van der Waals surface area contributed by atoms with Crippen molar-refractivity contribution in [3.05, 3.63) is 63.6 Å². The van der Waals surface area contributed by atoms with Gasteiger partial charge in [-0.1, -0.05) is 30.3 Å². The highest BCUT2D eigenvalue weighted by molar-refractivity contribution is 5.83. The summed E-state index contributed by atoms with van der Waals surface area (Å²) in [4.78, 5) is 24.2. The van der Waals surface area contributed by atoms with E-state index < -0.39 is 0 Å². The zero-order chi connectivity index (χ0) is 16.9. The van der Waals surface area contributed by atoms with Gasteiger partial charge >= 0.3 is 0 Å². The number of hydrogen-bond donors (Lipinski definition) is 1. The number of nitrogens with zero attached hydrogens (tertiary/aromatic N) is 1. The summed E-state index contributed by atoms with van der Waals surface area (Å²) in [5.74, 6) is 0. The third kappa shape index (κ3) is 3.57. The molecule has 1 aliphatic rings. The molecule has 0 unspecified atom stereocenters. The number of carbonyl (C=O) groups excluding carboxylic acids is 1. The molecule has 0 amide bonds. The molecule has 1 atom stereocenters.